The van der Waals surface area contributed by atoms with Gasteiger partial charge in [0.1, 0.15) is 5.75 Å². The Labute approximate surface area is 126 Å². The molecule has 1 nitrogen and oxygen atoms in total. The van der Waals surface area contributed by atoms with Crippen molar-refractivity contribution in [1.82, 2.24) is 0 Å². The number of benzene rings is 2. The van der Waals surface area contributed by atoms with E-state index in [-0.39, 0.29) is 5.41 Å². The Balaban J connectivity index is 2.09. The molecule has 3 rings (SSSR count). The van der Waals surface area contributed by atoms with Crippen molar-refractivity contribution in [3.05, 3.63) is 60.2 Å². The van der Waals surface area contributed by atoms with Crippen LogP contribution < -0.4 is 4.74 Å². The van der Waals surface area contributed by atoms with E-state index < -0.39 is 0 Å². The van der Waals surface area contributed by atoms with E-state index in [0.29, 0.717) is 6.61 Å². The minimum atomic E-state index is 0.149. The highest BCUT2D eigenvalue weighted by Gasteiger charge is 2.17. The maximum atomic E-state index is 6.26. The largest absolute Gasteiger partial charge is 0.492 e. The predicted octanol–water partition coefficient (Wildman–Crippen LogP) is 5.61. The van der Waals surface area contributed by atoms with E-state index in [4.69, 9.17) is 4.74 Å². The van der Waals surface area contributed by atoms with Gasteiger partial charge in [-0.25, -0.2) is 0 Å². The van der Waals surface area contributed by atoms with Crippen LogP contribution >= 0.6 is 0 Å². The second-order valence-corrected chi connectivity index (χ2v) is 6.84. The molecule has 0 saturated carbocycles. The average molecular weight is 278 g/mol. The second-order valence-electron chi connectivity index (χ2n) is 6.84. The molecule has 0 N–H and O–H groups in total. The van der Waals surface area contributed by atoms with Gasteiger partial charge in [-0.3, -0.25) is 0 Å². The molecule has 21 heavy (non-hydrogen) atoms. The van der Waals surface area contributed by atoms with Crippen LogP contribution in [-0.2, 0) is 0 Å². The fourth-order valence-electron chi connectivity index (χ4n) is 2.59. The summed E-state index contributed by atoms with van der Waals surface area (Å²) < 4.78 is 6.26. The molecule has 0 radical (unpaired) electrons. The Kier molecular flexibility index (Phi) is 3.59. The van der Waals surface area contributed by atoms with Crippen LogP contribution in [0.5, 0.6) is 5.75 Å². The molecule has 1 heteroatoms. The molecule has 0 aliphatic heterocycles. The van der Waals surface area contributed by atoms with E-state index in [1.807, 2.05) is 0 Å². The van der Waals surface area contributed by atoms with Crippen LogP contribution in [0.15, 0.2) is 54.6 Å². The lowest BCUT2D eigenvalue weighted by molar-refractivity contribution is 0.199. The lowest BCUT2D eigenvalue weighted by atomic mass is 9.97. The van der Waals surface area contributed by atoms with Crippen molar-refractivity contribution >= 4 is 16.3 Å². The van der Waals surface area contributed by atoms with E-state index in [2.05, 4.69) is 75.4 Å². The van der Waals surface area contributed by atoms with Gasteiger partial charge in [-0.05, 0) is 22.8 Å². The normalized spacial score (nSPS) is 14.5. The summed E-state index contributed by atoms with van der Waals surface area (Å²) in [7, 11) is 0. The minimum Gasteiger partial charge on any atom is -0.492 e. The molecule has 2 aromatic rings. The molecule has 0 atom stereocenters. The van der Waals surface area contributed by atoms with Crippen LogP contribution in [0.25, 0.3) is 16.3 Å². The summed E-state index contributed by atoms with van der Waals surface area (Å²) in [5, 5.41) is 2.43. The molecule has 0 heterocycles. The van der Waals surface area contributed by atoms with E-state index >= 15 is 0 Å². The highest BCUT2D eigenvalue weighted by molar-refractivity contribution is 5.94. The first-order valence-electron chi connectivity index (χ1n) is 7.55. The number of rotatable bonds is 3. The fraction of sp³-hybridized carbons (Fsp3) is 0.300. The van der Waals surface area contributed by atoms with Gasteiger partial charge in [0.15, 0.2) is 0 Å². The molecular formula is C20H22O. The Bertz CT molecular complexity index is 714. The van der Waals surface area contributed by atoms with Crippen molar-refractivity contribution < 1.29 is 4.74 Å². The first kappa shape index (κ1) is 13.9. The first-order valence-corrected chi connectivity index (χ1v) is 7.55. The number of hydrogen-bond donors (Lipinski definition) is 0. The van der Waals surface area contributed by atoms with E-state index in [1.165, 1.54) is 21.9 Å². The second kappa shape index (κ2) is 5.40. The molecule has 108 valence electrons. The summed E-state index contributed by atoms with van der Waals surface area (Å²) in [6.07, 6.45) is 7.49. The van der Waals surface area contributed by atoms with E-state index in [0.717, 1.165) is 12.2 Å². The topological polar surface area (TPSA) is 9.23 Å². The highest BCUT2D eigenvalue weighted by atomic mass is 16.5. The van der Waals surface area contributed by atoms with Crippen molar-refractivity contribution in [3.8, 4) is 5.75 Å². The summed E-state index contributed by atoms with van der Waals surface area (Å²) in [6.45, 7) is 7.32. The zero-order valence-electron chi connectivity index (χ0n) is 13.0. The number of hydrogen-bond acceptors (Lipinski definition) is 1. The van der Waals surface area contributed by atoms with Gasteiger partial charge in [-0.1, -0.05) is 75.4 Å². The summed E-state index contributed by atoms with van der Waals surface area (Å²) in [4.78, 5) is 0. The number of fused-ring (bicyclic) bond motifs is 1. The number of ether oxygens (including phenoxy) is 1. The lowest BCUT2D eigenvalue weighted by Gasteiger charge is -2.22. The minimum absolute atomic E-state index is 0.149. The SMILES string of the molecule is CC(C)(C)COc1c(C2=CC=CC2)ccc2ccccc12. The third kappa shape index (κ3) is 3.02. The van der Waals surface area contributed by atoms with E-state index in [9.17, 15) is 0 Å². The van der Waals surface area contributed by atoms with Gasteiger partial charge in [0, 0.05) is 10.9 Å². The Morgan fingerprint density at radius 2 is 1.86 bits per heavy atom. The summed E-state index contributed by atoms with van der Waals surface area (Å²) in [5.41, 5.74) is 2.71. The summed E-state index contributed by atoms with van der Waals surface area (Å²) >= 11 is 0. The van der Waals surface area contributed by atoms with Gasteiger partial charge in [0.2, 0.25) is 0 Å². The van der Waals surface area contributed by atoms with Gasteiger partial charge in [-0.15, -0.1) is 0 Å². The number of allylic oxidation sites excluding steroid dienone is 4. The summed E-state index contributed by atoms with van der Waals surface area (Å²) in [6, 6.07) is 12.8. The fourth-order valence-corrected chi connectivity index (χ4v) is 2.59. The van der Waals surface area contributed by atoms with Gasteiger partial charge in [0.25, 0.3) is 0 Å². The van der Waals surface area contributed by atoms with Gasteiger partial charge < -0.3 is 4.74 Å². The van der Waals surface area contributed by atoms with Crippen molar-refractivity contribution in [2.45, 2.75) is 27.2 Å². The molecule has 0 spiro atoms. The third-order valence-corrected chi connectivity index (χ3v) is 3.65. The molecule has 0 fully saturated rings. The first-order chi connectivity index (χ1) is 10.0. The third-order valence-electron chi connectivity index (χ3n) is 3.65. The highest BCUT2D eigenvalue weighted by Crippen LogP contribution is 2.37. The maximum Gasteiger partial charge on any atom is 0.134 e. The molecule has 1 aliphatic rings. The molecule has 0 saturated heterocycles. The van der Waals surface area contributed by atoms with Crippen molar-refractivity contribution in [3.63, 3.8) is 0 Å². The van der Waals surface area contributed by atoms with Crippen LogP contribution in [0.4, 0.5) is 0 Å². The standard InChI is InChI=1S/C20H22O/c1-20(2,3)14-21-19-17-11-7-6-10-16(17)12-13-18(19)15-8-4-5-9-15/h4-8,10-13H,9,14H2,1-3H3. The van der Waals surface area contributed by atoms with Crippen LogP contribution in [0.2, 0.25) is 0 Å². The molecule has 0 amide bonds. The van der Waals surface area contributed by atoms with Crippen LogP contribution in [-0.4, -0.2) is 6.61 Å². The Morgan fingerprint density at radius 3 is 2.57 bits per heavy atom. The molecule has 0 unspecified atom stereocenters. The van der Waals surface area contributed by atoms with Crippen molar-refractivity contribution in [2.24, 2.45) is 5.41 Å². The zero-order chi connectivity index (χ0) is 14.9. The van der Waals surface area contributed by atoms with Crippen molar-refractivity contribution in [2.75, 3.05) is 6.61 Å². The Hall–Kier alpha value is -2.02. The monoisotopic (exact) mass is 278 g/mol. The Morgan fingerprint density at radius 1 is 1.05 bits per heavy atom. The summed E-state index contributed by atoms with van der Waals surface area (Å²) in [5.74, 6) is 1.03. The molecule has 2 aromatic carbocycles. The van der Waals surface area contributed by atoms with Crippen molar-refractivity contribution in [1.29, 1.82) is 0 Å². The van der Waals surface area contributed by atoms with Crippen LogP contribution in [0, 0.1) is 5.41 Å². The molecular weight excluding hydrogens is 256 g/mol. The predicted molar refractivity (Wildman–Crippen MR) is 90.6 cm³/mol. The quantitative estimate of drug-likeness (QED) is 0.709. The zero-order valence-corrected chi connectivity index (χ0v) is 13.0. The van der Waals surface area contributed by atoms with Crippen LogP contribution in [0.3, 0.4) is 0 Å². The van der Waals surface area contributed by atoms with Crippen LogP contribution in [0.1, 0.15) is 32.8 Å². The van der Waals surface area contributed by atoms with Gasteiger partial charge in [0.05, 0.1) is 6.61 Å². The van der Waals surface area contributed by atoms with Gasteiger partial charge in [-0.2, -0.15) is 0 Å². The smallest absolute Gasteiger partial charge is 0.134 e. The lowest BCUT2D eigenvalue weighted by Crippen LogP contribution is -2.17. The van der Waals surface area contributed by atoms with Gasteiger partial charge >= 0.3 is 0 Å². The maximum absolute atomic E-state index is 6.26. The van der Waals surface area contributed by atoms with E-state index in [1.54, 1.807) is 0 Å². The molecule has 0 aromatic heterocycles. The average Bonchev–Trinajstić information content (AvgIpc) is 2.97. The molecule has 1 aliphatic carbocycles. The molecule has 0 bridgehead atoms.